The molecule has 4 heteroatoms. The Morgan fingerprint density at radius 3 is 2.41 bits per heavy atom. The molecule has 0 fully saturated rings. The molecule has 0 radical (unpaired) electrons. The molecule has 3 N–H and O–H groups in total. The zero-order valence-corrected chi connectivity index (χ0v) is 10.0. The molecular weight excluding hydrogens is 218 g/mol. The maximum absolute atomic E-state index is 10.5. The highest BCUT2D eigenvalue weighted by Gasteiger charge is 2.01. The molecule has 0 bridgehead atoms. The van der Waals surface area contributed by atoms with Crippen molar-refractivity contribution in [2.24, 2.45) is 5.92 Å². The average Bonchev–Trinajstić information content (AvgIpc) is 2.30. The quantitative estimate of drug-likeness (QED) is 0.662. The number of nitrogens with one attached hydrogen (secondary N) is 1. The van der Waals surface area contributed by atoms with Gasteiger partial charge in [0.05, 0.1) is 6.42 Å². The topological polar surface area (TPSA) is 69.6 Å². The summed E-state index contributed by atoms with van der Waals surface area (Å²) in [6.07, 6.45) is 0.0647. The Balaban J connectivity index is 2.37. The summed E-state index contributed by atoms with van der Waals surface area (Å²) in [6, 6.07) is 7.52. The molecule has 1 rings (SSSR count). The van der Waals surface area contributed by atoms with Crippen molar-refractivity contribution in [3.63, 3.8) is 0 Å². The minimum Gasteiger partial charge on any atom is -0.481 e. The van der Waals surface area contributed by atoms with Crippen molar-refractivity contribution in [1.82, 2.24) is 5.32 Å². The number of hydrogen-bond acceptors (Lipinski definition) is 3. The first-order chi connectivity index (χ1) is 8.11. The van der Waals surface area contributed by atoms with E-state index in [1.165, 1.54) is 0 Å². The second-order valence-corrected chi connectivity index (χ2v) is 4.31. The van der Waals surface area contributed by atoms with Crippen LogP contribution in [0.3, 0.4) is 0 Å². The first-order valence-corrected chi connectivity index (χ1v) is 5.73. The lowest BCUT2D eigenvalue weighted by Crippen LogP contribution is -2.22. The Morgan fingerprint density at radius 1 is 1.29 bits per heavy atom. The van der Waals surface area contributed by atoms with Crippen molar-refractivity contribution in [1.29, 1.82) is 0 Å². The predicted octanol–water partition coefficient (Wildman–Crippen LogP) is 1.03. The van der Waals surface area contributed by atoms with Crippen LogP contribution in [0.4, 0.5) is 0 Å². The van der Waals surface area contributed by atoms with Gasteiger partial charge in [0.15, 0.2) is 0 Å². The fourth-order valence-electron chi connectivity index (χ4n) is 1.48. The normalized spacial score (nSPS) is 12.4. The lowest BCUT2D eigenvalue weighted by Gasteiger charge is -2.09. The van der Waals surface area contributed by atoms with Crippen LogP contribution >= 0.6 is 0 Å². The molecule has 94 valence electrons. The molecule has 0 spiro atoms. The van der Waals surface area contributed by atoms with Crippen molar-refractivity contribution < 1.29 is 15.0 Å². The number of carboxylic acids is 1. The maximum atomic E-state index is 10.5. The molecule has 1 unspecified atom stereocenters. The van der Waals surface area contributed by atoms with Crippen molar-refractivity contribution in [3.8, 4) is 0 Å². The van der Waals surface area contributed by atoms with Crippen LogP contribution in [-0.2, 0) is 17.8 Å². The molecule has 0 amide bonds. The second kappa shape index (κ2) is 7.04. The standard InChI is InChI=1S/C13H19NO3/c1-10(9-15)7-14-8-12-4-2-11(3-5-12)6-13(16)17/h2-5,10,14-15H,6-9H2,1H3,(H,16,17). The highest BCUT2D eigenvalue weighted by Crippen LogP contribution is 2.05. The molecule has 0 heterocycles. The van der Waals surface area contributed by atoms with E-state index in [0.717, 1.165) is 24.2 Å². The first-order valence-electron chi connectivity index (χ1n) is 5.73. The summed E-state index contributed by atoms with van der Waals surface area (Å²) in [5.41, 5.74) is 1.93. The average molecular weight is 237 g/mol. The molecule has 1 aromatic rings. The van der Waals surface area contributed by atoms with E-state index in [1.54, 1.807) is 0 Å². The van der Waals surface area contributed by atoms with Crippen LogP contribution in [0.5, 0.6) is 0 Å². The van der Waals surface area contributed by atoms with E-state index in [9.17, 15) is 4.79 Å². The summed E-state index contributed by atoms with van der Waals surface area (Å²) in [4.78, 5) is 10.5. The number of rotatable bonds is 7. The SMILES string of the molecule is CC(CO)CNCc1ccc(CC(=O)O)cc1. The Hall–Kier alpha value is -1.39. The molecule has 17 heavy (non-hydrogen) atoms. The van der Waals surface area contributed by atoms with Crippen LogP contribution in [-0.4, -0.2) is 29.3 Å². The van der Waals surface area contributed by atoms with E-state index >= 15 is 0 Å². The fourth-order valence-corrected chi connectivity index (χ4v) is 1.48. The summed E-state index contributed by atoms with van der Waals surface area (Å²) in [5, 5.41) is 20.7. The summed E-state index contributed by atoms with van der Waals surface area (Å²) < 4.78 is 0. The number of benzene rings is 1. The van der Waals surface area contributed by atoms with E-state index in [0.29, 0.717) is 0 Å². The van der Waals surface area contributed by atoms with Gasteiger partial charge in [-0.25, -0.2) is 0 Å². The van der Waals surface area contributed by atoms with E-state index in [4.69, 9.17) is 10.2 Å². The Kier molecular flexibility index (Phi) is 5.66. The van der Waals surface area contributed by atoms with Gasteiger partial charge in [-0.1, -0.05) is 31.2 Å². The minimum atomic E-state index is -0.812. The lowest BCUT2D eigenvalue weighted by molar-refractivity contribution is -0.136. The summed E-state index contributed by atoms with van der Waals surface area (Å²) >= 11 is 0. The molecule has 0 aliphatic rings. The van der Waals surface area contributed by atoms with Crippen LogP contribution in [0.25, 0.3) is 0 Å². The monoisotopic (exact) mass is 237 g/mol. The van der Waals surface area contributed by atoms with Gasteiger partial charge in [0.2, 0.25) is 0 Å². The van der Waals surface area contributed by atoms with E-state index < -0.39 is 5.97 Å². The predicted molar refractivity (Wildman–Crippen MR) is 65.7 cm³/mol. The number of aliphatic carboxylic acids is 1. The van der Waals surface area contributed by atoms with Crippen LogP contribution in [0.15, 0.2) is 24.3 Å². The maximum Gasteiger partial charge on any atom is 0.307 e. The zero-order valence-electron chi connectivity index (χ0n) is 10.0. The summed E-state index contributed by atoms with van der Waals surface area (Å²) in [7, 11) is 0. The molecule has 4 nitrogen and oxygen atoms in total. The number of aliphatic hydroxyl groups is 1. The van der Waals surface area contributed by atoms with Gasteiger partial charge in [-0.15, -0.1) is 0 Å². The molecule has 0 saturated heterocycles. The van der Waals surface area contributed by atoms with Crippen molar-refractivity contribution >= 4 is 5.97 Å². The van der Waals surface area contributed by atoms with Gasteiger partial charge in [0.25, 0.3) is 0 Å². The van der Waals surface area contributed by atoms with Crippen LogP contribution < -0.4 is 5.32 Å². The number of carboxylic acid groups (broad SMARTS) is 1. The van der Waals surface area contributed by atoms with Crippen LogP contribution in [0.1, 0.15) is 18.1 Å². The van der Waals surface area contributed by atoms with E-state index in [2.05, 4.69) is 5.32 Å². The fraction of sp³-hybridized carbons (Fsp3) is 0.462. The number of carbonyl (C=O) groups is 1. The third-order valence-corrected chi connectivity index (χ3v) is 2.51. The highest BCUT2D eigenvalue weighted by molar-refractivity contribution is 5.70. The van der Waals surface area contributed by atoms with Gasteiger partial charge in [0, 0.05) is 19.7 Å². The van der Waals surface area contributed by atoms with Gasteiger partial charge in [0.1, 0.15) is 0 Å². The summed E-state index contributed by atoms with van der Waals surface area (Å²) in [5.74, 6) is -0.561. The number of aliphatic hydroxyl groups excluding tert-OH is 1. The molecule has 1 atom stereocenters. The molecule has 0 aliphatic carbocycles. The smallest absolute Gasteiger partial charge is 0.307 e. The Labute approximate surface area is 101 Å². The Bertz CT molecular complexity index is 348. The van der Waals surface area contributed by atoms with Crippen molar-refractivity contribution in [3.05, 3.63) is 35.4 Å². The van der Waals surface area contributed by atoms with Gasteiger partial charge >= 0.3 is 5.97 Å². The van der Waals surface area contributed by atoms with Gasteiger partial charge in [-0.3, -0.25) is 4.79 Å². The Morgan fingerprint density at radius 2 is 1.88 bits per heavy atom. The summed E-state index contributed by atoms with van der Waals surface area (Å²) in [6.45, 7) is 3.67. The van der Waals surface area contributed by atoms with Crippen LogP contribution in [0.2, 0.25) is 0 Å². The zero-order chi connectivity index (χ0) is 12.7. The molecule has 0 aliphatic heterocycles. The first kappa shape index (κ1) is 13.7. The van der Waals surface area contributed by atoms with Gasteiger partial charge < -0.3 is 15.5 Å². The van der Waals surface area contributed by atoms with E-state index in [1.807, 2.05) is 31.2 Å². The number of hydrogen-bond donors (Lipinski definition) is 3. The van der Waals surface area contributed by atoms with Crippen molar-refractivity contribution in [2.45, 2.75) is 19.9 Å². The lowest BCUT2D eigenvalue weighted by atomic mass is 10.1. The molecule has 1 aromatic carbocycles. The molecular formula is C13H19NO3. The largest absolute Gasteiger partial charge is 0.481 e. The van der Waals surface area contributed by atoms with Crippen LogP contribution in [0, 0.1) is 5.92 Å². The molecule has 0 saturated carbocycles. The third kappa shape index (κ3) is 5.47. The van der Waals surface area contributed by atoms with E-state index in [-0.39, 0.29) is 18.9 Å². The van der Waals surface area contributed by atoms with Gasteiger partial charge in [-0.2, -0.15) is 0 Å². The molecule has 0 aromatic heterocycles. The minimum absolute atomic E-state index is 0.0647. The van der Waals surface area contributed by atoms with Gasteiger partial charge in [-0.05, 0) is 17.0 Å². The third-order valence-electron chi connectivity index (χ3n) is 2.51. The highest BCUT2D eigenvalue weighted by atomic mass is 16.4. The second-order valence-electron chi connectivity index (χ2n) is 4.31. The van der Waals surface area contributed by atoms with Crippen molar-refractivity contribution in [2.75, 3.05) is 13.2 Å².